The van der Waals surface area contributed by atoms with Gasteiger partial charge in [-0.1, -0.05) is 0 Å². The zero-order valence-electron chi connectivity index (χ0n) is 13.9. The van der Waals surface area contributed by atoms with Crippen LogP contribution < -0.4 is 10.0 Å². The Morgan fingerprint density at radius 1 is 1.32 bits per heavy atom. The number of hydrogen-bond donors (Lipinski definition) is 2. The van der Waals surface area contributed by atoms with E-state index >= 15 is 0 Å². The number of rotatable bonds is 6. The summed E-state index contributed by atoms with van der Waals surface area (Å²) < 4.78 is 34.4. The number of nitrogens with one attached hydrogen (secondary N) is 2. The number of amides is 1. The average molecular weight is 364 g/mol. The molecule has 0 saturated carbocycles. The average Bonchev–Trinajstić information content (AvgIpc) is 2.98. The van der Waals surface area contributed by atoms with Crippen molar-refractivity contribution in [2.75, 3.05) is 18.5 Å². The molecule has 2 aromatic rings. The Balaban J connectivity index is 1.60. The molecule has 0 radical (unpaired) electrons. The Bertz CT molecular complexity index is 859. The Hall–Kier alpha value is -2.23. The summed E-state index contributed by atoms with van der Waals surface area (Å²) in [6.45, 7) is 3.31. The van der Waals surface area contributed by atoms with Crippen LogP contribution in [0.4, 0.5) is 5.69 Å². The topological polar surface area (TPSA) is 102 Å². The first-order valence-corrected chi connectivity index (χ1v) is 9.42. The summed E-state index contributed by atoms with van der Waals surface area (Å²) in [7, 11) is -3.61. The van der Waals surface area contributed by atoms with Gasteiger partial charge in [0.15, 0.2) is 0 Å². The Morgan fingerprint density at radius 3 is 2.80 bits per heavy atom. The molecule has 2 N–H and O–H groups in total. The van der Waals surface area contributed by atoms with Crippen LogP contribution in [0.5, 0.6) is 0 Å². The third kappa shape index (κ3) is 4.25. The van der Waals surface area contributed by atoms with Gasteiger partial charge in [0.1, 0.15) is 0 Å². The lowest BCUT2D eigenvalue weighted by Gasteiger charge is -2.15. The number of ether oxygens (including phenoxy) is 1. The summed E-state index contributed by atoms with van der Waals surface area (Å²) in [5, 5.41) is 6.89. The van der Waals surface area contributed by atoms with Crippen molar-refractivity contribution in [2.45, 2.75) is 31.4 Å². The summed E-state index contributed by atoms with van der Waals surface area (Å²) in [4.78, 5) is 11.1. The van der Waals surface area contributed by atoms with Gasteiger partial charge in [-0.05, 0) is 24.3 Å². The third-order valence-corrected chi connectivity index (χ3v) is 5.35. The molecule has 0 aliphatic carbocycles. The van der Waals surface area contributed by atoms with E-state index in [1.54, 1.807) is 18.3 Å². The molecule has 25 heavy (non-hydrogen) atoms. The molecule has 9 heteroatoms. The van der Waals surface area contributed by atoms with Crippen molar-refractivity contribution in [3.8, 4) is 0 Å². The largest absolute Gasteiger partial charge is 0.376 e. The number of sulfonamides is 1. The van der Waals surface area contributed by atoms with E-state index in [1.807, 2.05) is 4.68 Å². The number of nitrogens with zero attached hydrogens (tertiary/aromatic N) is 2. The van der Waals surface area contributed by atoms with Gasteiger partial charge in [-0.3, -0.25) is 9.48 Å². The SMILES string of the molecule is CC(=O)Nc1ccc(S(=O)(=O)NCCn2ncc3c2CCOC3)cc1. The first-order chi connectivity index (χ1) is 12.0. The number of carbonyl (C=O) groups is 1. The maximum atomic E-state index is 12.3. The predicted octanol–water partition coefficient (Wildman–Crippen LogP) is 0.893. The lowest BCUT2D eigenvalue weighted by atomic mass is 10.2. The minimum absolute atomic E-state index is 0.150. The van der Waals surface area contributed by atoms with Gasteiger partial charge in [-0.15, -0.1) is 0 Å². The van der Waals surface area contributed by atoms with Crippen LogP contribution in [0.1, 0.15) is 18.2 Å². The van der Waals surface area contributed by atoms with E-state index in [1.165, 1.54) is 19.1 Å². The second-order valence-electron chi connectivity index (χ2n) is 5.75. The van der Waals surface area contributed by atoms with Crippen LogP contribution >= 0.6 is 0 Å². The molecule has 1 aliphatic heterocycles. The molecule has 0 saturated heterocycles. The van der Waals surface area contributed by atoms with Crippen molar-refractivity contribution < 1.29 is 17.9 Å². The predicted molar refractivity (Wildman–Crippen MR) is 91.5 cm³/mol. The molecule has 134 valence electrons. The minimum atomic E-state index is -3.61. The molecule has 2 heterocycles. The fourth-order valence-electron chi connectivity index (χ4n) is 2.69. The molecule has 8 nitrogen and oxygen atoms in total. The summed E-state index contributed by atoms with van der Waals surface area (Å²) >= 11 is 0. The highest BCUT2D eigenvalue weighted by molar-refractivity contribution is 7.89. The zero-order valence-corrected chi connectivity index (χ0v) is 14.7. The van der Waals surface area contributed by atoms with Gasteiger partial charge in [-0.2, -0.15) is 5.10 Å². The van der Waals surface area contributed by atoms with Crippen LogP contribution in [0.15, 0.2) is 35.4 Å². The van der Waals surface area contributed by atoms with E-state index in [0.717, 1.165) is 17.7 Å². The van der Waals surface area contributed by atoms with E-state index in [-0.39, 0.29) is 17.3 Å². The first-order valence-electron chi connectivity index (χ1n) is 7.94. The van der Waals surface area contributed by atoms with Crippen molar-refractivity contribution in [2.24, 2.45) is 0 Å². The summed E-state index contributed by atoms with van der Waals surface area (Å²) in [5.74, 6) is -0.207. The van der Waals surface area contributed by atoms with Crippen molar-refractivity contribution >= 4 is 21.6 Å². The molecular formula is C16H20N4O4S. The van der Waals surface area contributed by atoms with Crippen LogP contribution in [0.2, 0.25) is 0 Å². The second-order valence-corrected chi connectivity index (χ2v) is 7.51. The number of aromatic nitrogens is 2. The molecule has 1 aromatic heterocycles. The van der Waals surface area contributed by atoms with Gasteiger partial charge >= 0.3 is 0 Å². The molecule has 0 unspecified atom stereocenters. The van der Waals surface area contributed by atoms with E-state index in [2.05, 4.69) is 15.1 Å². The second kappa shape index (κ2) is 7.34. The van der Waals surface area contributed by atoms with Crippen molar-refractivity contribution in [1.29, 1.82) is 0 Å². The van der Waals surface area contributed by atoms with Crippen molar-refractivity contribution in [3.05, 3.63) is 41.7 Å². The van der Waals surface area contributed by atoms with Crippen LogP contribution in [0.3, 0.4) is 0 Å². The van der Waals surface area contributed by atoms with Gasteiger partial charge in [0.05, 0.1) is 30.9 Å². The maximum Gasteiger partial charge on any atom is 0.240 e. The van der Waals surface area contributed by atoms with Gasteiger partial charge in [0.25, 0.3) is 0 Å². The molecule has 3 rings (SSSR count). The molecule has 1 aliphatic rings. The molecular weight excluding hydrogens is 344 g/mol. The number of hydrogen-bond acceptors (Lipinski definition) is 5. The highest BCUT2D eigenvalue weighted by atomic mass is 32.2. The molecule has 1 amide bonds. The smallest absolute Gasteiger partial charge is 0.240 e. The standard InChI is InChI=1S/C16H20N4O4S/c1-12(21)19-14-2-4-15(5-3-14)25(22,23)18-7-8-20-16-6-9-24-11-13(16)10-17-20/h2-5,10,18H,6-9,11H2,1H3,(H,19,21). The van der Waals surface area contributed by atoms with E-state index in [4.69, 9.17) is 4.74 Å². The fourth-order valence-corrected chi connectivity index (χ4v) is 3.71. The Labute approximate surface area is 146 Å². The summed E-state index contributed by atoms with van der Waals surface area (Å²) in [5.41, 5.74) is 2.71. The monoisotopic (exact) mass is 364 g/mol. The highest BCUT2D eigenvalue weighted by Gasteiger charge is 2.17. The van der Waals surface area contributed by atoms with Gasteiger partial charge in [0, 0.05) is 36.8 Å². The van der Waals surface area contributed by atoms with Crippen LogP contribution in [-0.2, 0) is 39.1 Å². The van der Waals surface area contributed by atoms with Crippen LogP contribution in [0.25, 0.3) is 0 Å². The molecule has 1 aromatic carbocycles. The van der Waals surface area contributed by atoms with Gasteiger partial charge in [-0.25, -0.2) is 13.1 Å². The third-order valence-electron chi connectivity index (χ3n) is 3.88. The first kappa shape index (κ1) is 17.6. The highest BCUT2D eigenvalue weighted by Crippen LogP contribution is 2.16. The lowest BCUT2D eigenvalue weighted by molar-refractivity contribution is -0.114. The molecule has 0 atom stereocenters. The fraction of sp³-hybridized carbons (Fsp3) is 0.375. The Morgan fingerprint density at radius 2 is 2.08 bits per heavy atom. The van der Waals surface area contributed by atoms with Gasteiger partial charge < -0.3 is 10.1 Å². The number of anilines is 1. The zero-order chi connectivity index (χ0) is 17.9. The van der Waals surface area contributed by atoms with Crippen LogP contribution in [0, 0.1) is 0 Å². The normalized spacial score (nSPS) is 14.1. The maximum absolute atomic E-state index is 12.3. The molecule has 0 bridgehead atoms. The Kier molecular flexibility index (Phi) is 5.16. The van der Waals surface area contributed by atoms with E-state index in [0.29, 0.717) is 25.4 Å². The van der Waals surface area contributed by atoms with Gasteiger partial charge in [0.2, 0.25) is 15.9 Å². The quantitative estimate of drug-likeness (QED) is 0.793. The molecule has 0 spiro atoms. The summed E-state index contributed by atoms with van der Waals surface area (Å²) in [6, 6.07) is 6.03. The number of carbonyl (C=O) groups excluding carboxylic acids is 1. The number of benzene rings is 1. The van der Waals surface area contributed by atoms with Crippen molar-refractivity contribution in [1.82, 2.24) is 14.5 Å². The number of fused-ring (bicyclic) bond motifs is 1. The summed E-state index contributed by atoms with van der Waals surface area (Å²) in [6.07, 6.45) is 2.55. The minimum Gasteiger partial charge on any atom is -0.376 e. The lowest BCUT2D eigenvalue weighted by Crippen LogP contribution is -2.28. The van der Waals surface area contributed by atoms with E-state index in [9.17, 15) is 13.2 Å². The molecule has 0 fully saturated rings. The van der Waals surface area contributed by atoms with E-state index < -0.39 is 10.0 Å². The van der Waals surface area contributed by atoms with Crippen LogP contribution in [-0.4, -0.2) is 37.3 Å². The van der Waals surface area contributed by atoms with Crippen molar-refractivity contribution in [3.63, 3.8) is 0 Å².